The maximum absolute atomic E-state index is 6.50. The van der Waals surface area contributed by atoms with E-state index in [1.54, 1.807) is 14.2 Å². The van der Waals surface area contributed by atoms with E-state index in [4.69, 9.17) is 28.4 Å². The maximum atomic E-state index is 6.50. The molecule has 0 spiro atoms. The van der Waals surface area contributed by atoms with Crippen LogP contribution in [0, 0.1) is 0 Å². The van der Waals surface area contributed by atoms with Crippen molar-refractivity contribution in [3.05, 3.63) is 57.6 Å². The van der Waals surface area contributed by atoms with E-state index in [9.17, 15) is 0 Å². The number of rotatable bonds is 16. The molecule has 0 amide bonds. The second kappa shape index (κ2) is 13.9. The zero-order valence-electron chi connectivity index (χ0n) is 26.9. The van der Waals surface area contributed by atoms with Crippen LogP contribution in [0.3, 0.4) is 0 Å². The van der Waals surface area contributed by atoms with Crippen LogP contribution in [0.4, 0.5) is 0 Å². The molecule has 0 radical (unpaired) electrons. The van der Waals surface area contributed by atoms with Crippen molar-refractivity contribution < 1.29 is 28.4 Å². The molecule has 0 N–H and O–H groups in total. The smallest absolute Gasteiger partial charge is 0.126 e. The number of benzene rings is 2. The third-order valence-electron chi connectivity index (χ3n) is 8.25. The standard InChI is InChI=1S/C35H52O6/c1-20(2)26-12-24(13-27(21(3)4)34(26)40-16-30(36-9)32-18-38-32)11-25-14-28(22(5)6)35(29(15-25)23(7)8)41-17-31(37-10)33-19-39-33/h12-15,20-23,30-33H,11,16-19H2,1-10H3. The van der Waals surface area contributed by atoms with Crippen molar-refractivity contribution in [2.45, 2.75) is 110 Å². The highest BCUT2D eigenvalue weighted by Gasteiger charge is 2.35. The van der Waals surface area contributed by atoms with Gasteiger partial charge < -0.3 is 28.4 Å². The number of hydrogen-bond acceptors (Lipinski definition) is 6. The quantitative estimate of drug-likeness (QED) is 0.197. The lowest BCUT2D eigenvalue weighted by molar-refractivity contribution is 0.0367. The molecular weight excluding hydrogens is 516 g/mol. The van der Waals surface area contributed by atoms with E-state index >= 15 is 0 Å². The molecule has 2 heterocycles. The first-order chi connectivity index (χ1) is 19.5. The summed E-state index contributed by atoms with van der Waals surface area (Å²) in [5, 5.41) is 0. The van der Waals surface area contributed by atoms with Crippen LogP contribution in [0.5, 0.6) is 11.5 Å². The molecule has 0 aromatic heterocycles. The molecule has 4 rings (SSSR count). The highest BCUT2D eigenvalue weighted by molar-refractivity contribution is 5.52. The van der Waals surface area contributed by atoms with Gasteiger partial charge in [-0.25, -0.2) is 0 Å². The van der Waals surface area contributed by atoms with Gasteiger partial charge in [0.05, 0.1) is 13.2 Å². The molecule has 4 atom stereocenters. The zero-order valence-corrected chi connectivity index (χ0v) is 26.9. The van der Waals surface area contributed by atoms with Crippen molar-refractivity contribution in [2.75, 3.05) is 40.6 Å². The summed E-state index contributed by atoms with van der Waals surface area (Å²) in [6.45, 7) is 20.4. The molecule has 41 heavy (non-hydrogen) atoms. The van der Waals surface area contributed by atoms with E-state index in [-0.39, 0.29) is 24.4 Å². The Kier molecular flexibility index (Phi) is 10.8. The molecule has 2 aliphatic rings. The van der Waals surface area contributed by atoms with Crippen molar-refractivity contribution in [1.29, 1.82) is 0 Å². The number of hydrogen-bond donors (Lipinski definition) is 0. The summed E-state index contributed by atoms with van der Waals surface area (Å²) in [6, 6.07) is 9.37. The predicted octanol–water partition coefficient (Wildman–Crippen LogP) is 7.36. The van der Waals surface area contributed by atoms with Gasteiger partial charge in [0.15, 0.2) is 0 Å². The summed E-state index contributed by atoms with van der Waals surface area (Å²) in [5.74, 6) is 3.33. The molecule has 4 unspecified atom stereocenters. The second-order valence-electron chi connectivity index (χ2n) is 12.9. The second-order valence-corrected chi connectivity index (χ2v) is 12.9. The van der Waals surface area contributed by atoms with Gasteiger partial charge in [0, 0.05) is 14.2 Å². The molecule has 0 saturated carbocycles. The Morgan fingerprint density at radius 1 is 0.585 bits per heavy atom. The van der Waals surface area contributed by atoms with Gasteiger partial charge >= 0.3 is 0 Å². The molecule has 2 aromatic carbocycles. The average Bonchev–Trinajstić information content (AvgIpc) is 3.84. The Morgan fingerprint density at radius 3 is 1.10 bits per heavy atom. The van der Waals surface area contributed by atoms with Gasteiger partial charge in [0.2, 0.25) is 0 Å². The molecule has 0 bridgehead atoms. The van der Waals surface area contributed by atoms with Gasteiger partial charge in [-0.3, -0.25) is 0 Å². The SMILES string of the molecule is COC(COc1c(C(C)C)cc(Cc2cc(C(C)C)c(OCC(OC)C3CO3)c(C(C)C)c2)cc1C(C)C)C1CO1. The minimum atomic E-state index is -0.0460. The van der Waals surface area contributed by atoms with Crippen LogP contribution >= 0.6 is 0 Å². The fourth-order valence-electron chi connectivity index (χ4n) is 5.49. The number of methoxy groups -OCH3 is 2. The summed E-state index contributed by atoms with van der Waals surface area (Å²) in [6.07, 6.45) is 1.05. The van der Waals surface area contributed by atoms with Gasteiger partial charge in [-0.2, -0.15) is 0 Å². The van der Waals surface area contributed by atoms with E-state index in [1.165, 1.54) is 33.4 Å². The van der Waals surface area contributed by atoms with Gasteiger partial charge in [-0.1, -0.05) is 79.7 Å². The van der Waals surface area contributed by atoms with E-state index in [1.807, 2.05) is 0 Å². The molecule has 2 saturated heterocycles. The van der Waals surface area contributed by atoms with Crippen LogP contribution in [-0.2, 0) is 25.4 Å². The molecule has 228 valence electrons. The van der Waals surface area contributed by atoms with Crippen molar-refractivity contribution in [3.8, 4) is 11.5 Å². The summed E-state index contributed by atoms with van der Waals surface area (Å²) < 4.78 is 35.2. The van der Waals surface area contributed by atoms with Crippen molar-refractivity contribution in [3.63, 3.8) is 0 Å². The Hall–Kier alpha value is -2.12. The minimum absolute atomic E-state index is 0.0460. The van der Waals surface area contributed by atoms with Gasteiger partial charge in [-0.15, -0.1) is 0 Å². The highest BCUT2D eigenvalue weighted by atomic mass is 16.6. The molecule has 0 aliphatic carbocycles. The van der Waals surface area contributed by atoms with Gasteiger partial charge in [0.1, 0.15) is 49.1 Å². The zero-order chi connectivity index (χ0) is 29.8. The fraction of sp³-hybridized carbons (Fsp3) is 0.657. The summed E-state index contributed by atoms with van der Waals surface area (Å²) in [5.41, 5.74) is 7.61. The molecule has 2 aromatic rings. The molecule has 2 aliphatic heterocycles. The summed E-state index contributed by atoms with van der Waals surface area (Å²) in [7, 11) is 3.46. The maximum Gasteiger partial charge on any atom is 0.126 e. The van der Waals surface area contributed by atoms with Gasteiger partial charge in [-0.05, 0) is 63.5 Å². The summed E-state index contributed by atoms with van der Waals surface area (Å²) >= 11 is 0. The van der Waals surface area contributed by atoms with Crippen LogP contribution in [0.1, 0.15) is 112 Å². The first-order valence-electron chi connectivity index (χ1n) is 15.4. The molecular formula is C35H52O6. The van der Waals surface area contributed by atoms with Crippen LogP contribution in [-0.4, -0.2) is 65.1 Å². The average molecular weight is 569 g/mol. The van der Waals surface area contributed by atoms with Crippen LogP contribution in [0.2, 0.25) is 0 Å². The predicted molar refractivity (Wildman–Crippen MR) is 164 cm³/mol. The third-order valence-corrected chi connectivity index (χ3v) is 8.25. The lowest BCUT2D eigenvalue weighted by Crippen LogP contribution is -2.27. The Bertz CT molecular complexity index is 998. The van der Waals surface area contributed by atoms with Crippen LogP contribution < -0.4 is 9.47 Å². The van der Waals surface area contributed by atoms with Crippen LogP contribution in [0.25, 0.3) is 0 Å². The molecule has 6 heteroatoms. The topological polar surface area (TPSA) is 62.0 Å². The largest absolute Gasteiger partial charge is 0.490 e. The van der Waals surface area contributed by atoms with Crippen LogP contribution in [0.15, 0.2) is 24.3 Å². The van der Waals surface area contributed by atoms with E-state index < -0.39 is 0 Å². The Labute approximate surface area is 248 Å². The number of ether oxygens (including phenoxy) is 6. The van der Waals surface area contributed by atoms with Crippen molar-refractivity contribution in [2.24, 2.45) is 0 Å². The first kappa shape index (κ1) is 31.8. The minimum Gasteiger partial charge on any atom is -0.490 e. The normalized spacial score (nSPS) is 19.8. The van der Waals surface area contributed by atoms with Crippen molar-refractivity contribution >= 4 is 0 Å². The third kappa shape index (κ3) is 8.04. The lowest BCUT2D eigenvalue weighted by atomic mass is 9.87. The summed E-state index contributed by atoms with van der Waals surface area (Å²) in [4.78, 5) is 0. The highest BCUT2D eigenvalue weighted by Crippen LogP contribution is 2.40. The van der Waals surface area contributed by atoms with Gasteiger partial charge in [0.25, 0.3) is 0 Å². The first-order valence-corrected chi connectivity index (χ1v) is 15.4. The lowest BCUT2D eigenvalue weighted by Gasteiger charge is -2.25. The Morgan fingerprint density at radius 2 is 0.878 bits per heavy atom. The number of epoxide rings is 2. The van der Waals surface area contributed by atoms with E-state index in [0.717, 1.165) is 31.1 Å². The van der Waals surface area contributed by atoms with Crippen molar-refractivity contribution in [1.82, 2.24) is 0 Å². The Balaban J connectivity index is 1.66. The molecule has 2 fully saturated rings. The van der Waals surface area contributed by atoms with E-state index in [2.05, 4.69) is 79.7 Å². The van der Waals surface area contributed by atoms with E-state index in [0.29, 0.717) is 36.9 Å². The monoisotopic (exact) mass is 568 g/mol. The molecule has 6 nitrogen and oxygen atoms in total. The fourth-order valence-corrected chi connectivity index (χ4v) is 5.49.